The number of carboxylic acids is 1. The number of carbonyl (C=O) groups excluding carboxylic acids is 2. The molecule has 0 aliphatic heterocycles. The number of carboxylic acid groups (broad SMARTS) is 1. The summed E-state index contributed by atoms with van der Waals surface area (Å²) in [6.07, 6.45) is 0.317. The van der Waals surface area contributed by atoms with Crippen molar-refractivity contribution in [2.45, 2.75) is 57.5 Å². The summed E-state index contributed by atoms with van der Waals surface area (Å²) in [5.41, 5.74) is 0. The monoisotopic (exact) mass is 242 g/mol. The van der Waals surface area contributed by atoms with Gasteiger partial charge >= 0.3 is 52.5 Å². The van der Waals surface area contributed by atoms with Crippen molar-refractivity contribution in [3.8, 4) is 0 Å². The Hall–Kier alpha value is -0.328. The van der Waals surface area contributed by atoms with Gasteiger partial charge in [0.2, 0.25) is 0 Å². The van der Waals surface area contributed by atoms with Crippen LogP contribution in [0.4, 0.5) is 0 Å². The Morgan fingerprint density at radius 3 is 1.50 bits per heavy atom. The third-order valence-electron chi connectivity index (χ3n) is 1.95. The van der Waals surface area contributed by atoms with Crippen LogP contribution in [0.15, 0.2) is 0 Å². The Kier molecular flexibility index (Phi) is 11.1. The number of hydrogen-bond acceptors (Lipinski definition) is 3. The first-order valence-corrected chi connectivity index (χ1v) is 7.11. The first-order valence-electron chi connectivity index (χ1n) is 5.78. The van der Waals surface area contributed by atoms with Crippen LogP contribution in [0.1, 0.15) is 48.0 Å². The van der Waals surface area contributed by atoms with Crippen molar-refractivity contribution in [3.63, 3.8) is 0 Å². The van der Waals surface area contributed by atoms with Crippen LogP contribution >= 0.6 is 0 Å². The van der Waals surface area contributed by atoms with Gasteiger partial charge in [-0.1, -0.05) is 6.92 Å². The van der Waals surface area contributed by atoms with Gasteiger partial charge in [-0.2, -0.15) is 0 Å². The van der Waals surface area contributed by atoms with Gasteiger partial charge in [-0.25, -0.2) is 0 Å². The van der Waals surface area contributed by atoms with Gasteiger partial charge < -0.3 is 9.90 Å². The zero-order chi connectivity index (χ0) is 13.3. The molecular weight excluding hydrogens is 219 g/mol. The van der Waals surface area contributed by atoms with Crippen LogP contribution in [0.5, 0.6) is 0 Å². The van der Waals surface area contributed by atoms with E-state index < -0.39 is 11.9 Å². The SMILES string of the molecule is CCC(C(C)=O)C(=O)[O-].C[CH](C)[Al+][CH](C)C. The molecule has 3 nitrogen and oxygen atoms in total. The Bertz CT molecular complexity index is 192. The van der Waals surface area contributed by atoms with Gasteiger partial charge in [0.25, 0.3) is 0 Å². The van der Waals surface area contributed by atoms with Crippen LogP contribution in [0.3, 0.4) is 0 Å². The minimum absolute atomic E-state index is 0.317. The number of hydrogen-bond donors (Lipinski definition) is 0. The zero-order valence-corrected chi connectivity index (χ0v) is 12.4. The van der Waals surface area contributed by atoms with Crippen LogP contribution in [0, 0.1) is 5.92 Å². The van der Waals surface area contributed by atoms with Crippen molar-refractivity contribution in [2.75, 3.05) is 0 Å². The molecule has 0 fully saturated rings. The molecule has 92 valence electrons. The zero-order valence-electron chi connectivity index (χ0n) is 11.2. The summed E-state index contributed by atoms with van der Waals surface area (Å²) in [6.45, 7) is 12.1. The minimum atomic E-state index is -1.27. The third-order valence-corrected chi connectivity index (χ3v) is 3.49. The molecule has 1 unspecified atom stereocenters. The fourth-order valence-electron chi connectivity index (χ4n) is 1.39. The molecule has 0 amide bonds. The molecule has 0 bridgehead atoms. The molecule has 0 rings (SSSR count). The van der Waals surface area contributed by atoms with Crippen molar-refractivity contribution in [1.82, 2.24) is 0 Å². The first-order chi connectivity index (χ1) is 7.22. The van der Waals surface area contributed by atoms with Crippen molar-refractivity contribution in [3.05, 3.63) is 0 Å². The summed E-state index contributed by atoms with van der Waals surface area (Å²) in [6, 6.07) is 0. The van der Waals surface area contributed by atoms with Gasteiger partial charge in [0, 0.05) is 0 Å². The number of Topliss-reactive ketones (excluding diaryl/α,β-unsaturated/α-hetero) is 1. The van der Waals surface area contributed by atoms with E-state index in [2.05, 4.69) is 27.7 Å². The molecule has 0 saturated carbocycles. The number of aliphatic carboxylic acids is 1. The third kappa shape index (κ3) is 11.7. The van der Waals surface area contributed by atoms with E-state index in [0.29, 0.717) is 21.6 Å². The summed E-state index contributed by atoms with van der Waals surface area (Å²) >= 11 is 0.713. The van der Waals surface area contributed by atoms with Gasteiger partial charge in [-0.05, 0) is 13.3 Å². The summed E-state index contributed by atoms with van der Waals surface area (Å²) in [7, 11) is 0. The molecule has 4 heteroatoms. The molecule has 0 aliphatic rings. The fraction of sp³-hybridized carbons (Fsp3) is 0.833. The van der Waals surface area contributed by atoms with E-state index in [9.17, 15) is 14.7 Å². The average molecular weight is 242 g/mol. The van der Waals surface area contributed by atoms with E-state index in [1.54, 1.807) is 6.92 Å². The number of ketones is 1. The Morgan fingerprint density at radius 1 is 1.12 bits per heavy atom. The quantitative estimate of drug-likeness (QED) is 0.544. The maximum atomic E-state index is 10.4. The molecule has 0 saturated heterocycles. The van der Waals surface area contributed by atoms with Gasteiger partial charge in [0.15, 0.2) is 0 Å². The predicted octanol–water partition coefficient (Wildman–Crippen LogP) is 1.70. The van der Waals surface area contributed by atoms with E-state index in [-0.39, 0.29) is 5.78 Å². The summed E-state index contributed by atoms with van der Waals surface area (Å²) in [4.78, 5) is 20.4. The van der Waals surface area contributed by atoms with E-state index in [1.165, 1.54) is 6.92 Å². The van der Waals surface area contributed by atoms with E-state index in [4.69, 9.17) is 0 Å². The van der Waals surface area contributed by atoms with Crippen molar-refractivity contribution < 1.29 is 14.7 Å². The van der Waals surface area contributed by atoms with Crippen LogP contribution in [0.2, 0.25) is 9.56 Å². The van der Waals surface area contributed by atoms with Crippen LogP contribution in [-0.4, -0.2) is 27.0 Å². The fourth-order valence-corrected chi connectivity index (χ4v) is 2.93. The second kappa shape index (κ2) is 9.87. The molecule has 0 aromatic rings. The second-order valence-corrected chi connectivity index (χ2v) is 7.62. The van der Waals surface area contributed by atoms with Crippen molar-refractivity contribution in [1.29, 1.82) is 0 Å². The summed E-state index contributed by atoms with van der Waals surface area (Å²) in [5.74, 6) is -2.52. The van der Waals surface area contributed by atoms with Crippen molar-refractivity contribution in [2.24, 2.45) is 5.92 Å². The Labute approximate surface area is 105 Å². The molecule has 0 N–H and O–H groups in total. The van der Waals surface area contributed by atoms with Crippen LogP contribution in [-0.2, 0) is 9.59 Å². The molecule has 0 spiro atoms. The normalized spacial score (nSPS) is 11.5. The topological polar surface area (TPSA) is 57.2 Å². The Balaban J connectivity index is 0. The van der Waals surface area contributed by atoms with Gasteiger partial charge in [-0.15, -0.1) is 0 Å². The molecule has 0 radical (unpaired) electrons. The molecule has 0 aromatic carbocycles. The molecule has 0 heterocycles. The summed E-state index contributed by atoms with van der Waals surface area (Å²) < 4.78 is 1.92. The number of rotatable bonds is 5. The van der Waals surface area contributed by atoms with E-state index >= 15 is 0 Å². The van der Waals surface area contributed by atoms with Gasteiger partial charge in [0.1, 0.15) is 5.78 Å². The second-order valence-electron chi connectivity index (χ2n) is 4.57. The first kappa shape index (κ1) is 18.0. The molecule has 0 aliphatic carbocycles. The summed E-state index contributed by atoms with van der Waals surface area (Å²) in [5, 5.41) is 10.0. The Morgan fingerprint density at radius 2 is 1.50 bits per heavy atom. The predicted molar refractivity (Wildman–Crippen MR) is 65.4 cm³/mol. The van der Waals surface area contributed by atoms with Crippen LogP contribution in [0.25, 0.3) is 0 Å². The molecule has 0 aromatic heterocycles. The van der Waals surface area contributed by atoms with Gasteiger partial charge in [-0.3, -0.25) is 4.79 Å². The van der Waals surface area contributed by atoms with E-state index in [1.807, 2.05) is 0 Å². The van der Waals surface area contributed by atoms with Gasteiger partial charge in [0.05, 0.1) is 11.9 Å². The molecule has 1 atom stereocenters. The molecular formula is C12H23AlO3. The standard InChI is InChI=1S/C6H10O3.2C3H7.Al/c1-3-5(4(2)7)6(8)9;2*1-3-2;/h5H,3H2,1-2H3,(H,8,9);2*3H,1-2H3;/q;;;+1/p-1. The van der Waals surface area contributed by atoms with Crippen LogP contribution < -0.4 is 5.11 Å². The van der Waals surface area contributed by atoms with E-state index in [0.717, 1.165) is 9.56 Å². The average Bonchev–Trinajstić information content (AvgIpc) is 2.01. The van der Waals surface area contributed by atoms with Crippen molar-refractivity contribution >= 4 is 27.0 Å². The molecule has 16 heavy (non-hydrogen) atoms. The maximum absolute atomic E-state index is 10.4. The number of carbonyl (C=O) groups is 2.